The summed E-state index contributed by atoms with van der Waals surface area (Å²) in [5.74, 6) is -0.425. The van der Waals surface area contributed by atoms with Crippen molar-refractivity contribution in [3.8, 4) is 0 Å². The lowest BCUT2D eigenvalue weighted by atomic mass is 10.1. The largest absolute Gasteiger partial charge is 0.326 e. The molecule has 0 heterocycles. The first-order valence-corrected chi connectivity index (χ1v) is 6.22. The Morgan fingerprint density at radius 3 is 2.56 bits per heavy atom. The zero-order valence-electron chi connectivity index (χ0n) is 9.49. The number of nitrogens with one attached hydrogen (secondary N) is 1. The zero-order valence-corrected chi connectivity index (χ0v) is 11.1. The van der Waals surface area contributed by atoms with Gasteiger partial charge in [0.25, 0.3) is 0 Å². The Bertz CT molecular complexity index is 554. The van der Waals surface area contributed by atoms with Crippen molar-refractivity contribution in [3.05, 3.63) is 64.4 Å². The molecule has 0 aliphatic heterocycles. The molecule has 0 saturated carbocycles. The van der Waals surface area contributed by atoms with Crippen molar-refractivity contribution in [3.63, 3.8) is 0 Å². The maximum absolute atomic E-state index is 12.7. The van der Waals surface area contributed by atoms with E-state index in [4.69, 9.17) is 0 Å². The molecule has 0 radical (unpaired) electrons. The highest BCUT2D eigenvalue weighted by atomic mass is 79.9. The summed E-state index contributed by atoms with van der Waals surface area (Å²) in [5.41, 5.74) is 1.51. The molecular weight excluding hydrogens is 297 g/mol. The number of benzene rings is 2. The molecule has 2 aromatic carbocycles. The SMILES string of the molecule is O=C(Cc1ccc(F)cc1)Nc1cccc(Br)c1. The van der Waals surface area contributed by atoms with Crippen molar-refractivity contribution < 1.29 is 9.18 Å². The first-order chi connectivity index (χ1) is 8.63. The number of amides is 1. The van der Waals surface area contributed by atoms with E-state index in [0.717, 1.165) is 15.7 Å². The molecule has 18 heavy (non-hydrogen) atoms. The van der Waals surface area contributed by atoms with Gasteiger partial charge in [-0.15, -0.1) is 0 Å². The van der Waals surface area contributed by atoms with Gasteiger partial charge < -0.3 is 5.32 Å². The smallest absolute Gasteiger partial charge is 0.228 e. The number of halogens is 2. The summed E-state index contributed by atoms with van der Waals surface area (Å²) in [6.07, 6.45) is 0.229. The molecule has 0 aromatic heterocycles. The quantitative estimate of drug-likeness (QED) is 0.919. The lowest BCUT2D eigenvalue weighted by Crippen LogP contribution is -2.14. The zero-order chi connectivity index (χ0) is 13.0. The Morgan fingerprint density at radius 1 is 1.17 bits per heavy atom. The summed E-state index contributed by atoms with van der Waals surface area (Å²) in [6.45, 7) is 0. The topological polar surface area (TPSA) is 29.1 Å². The lowest BCUT2D eigenvalue weighted by Gasteiger charge is -2.05. The fraction of sp³-hybridized carbons (Fsp3) is 0.0714. The minimum atomic E-state index is -0.300. The maximum Gasteiger partial charge on any atom is 0.228 e. The molecule has 0 atom stereocenters. The molecule has 0 spiro atoms. The van der Waals surface area contributed by atoms with Crippen molar-refractivity contribution in [2.45, 2.75) is 6.42 Å². The second-order valence-corrected chi connectivity index (χ2v) is 4.78. The normalized spacial score (nSPS) is 10.1. The lowest BCUT2D eigenvalue weighted by molar-refractivity contribution is -0.115. The highest BCUT2D eigenvalue weighted by Gasteiger charge is 2.04. The van der Waals surface area contributed by atoms with Gasteiger partial charge in [0.15, 0.2) is 0 Å². The van der Waals surface area contributed by atoms with E-state index in [-0.39, 0.29) is 18.1 Å². The molecule has 0 saturated heterocycles. The molecule has 0 unspecified atom stereocenters. The highest BCUT2D eigenvalue weighted by molar-refractivity contribution is 9.10. The Morgan fingerprint density at radius 2 is 1.89 bits per heavy atom. The predicted molar refractivity (Wildman–Crippen MR) is 72.9 cm³/mol. The molecule has 0 bridgehead atoms. The summed E-state index contributed by atoms with van der Waals surface area (Å²) >= 11 is 3.33. The predicted octanol–water partition coefficient (Wildman–Crippen LogP) is 3.77. The van der Waals surface area contributed by atoms with Crippen LogP contribution in [0.3, 0.4) is 0 Å². The second kappa shape index (κ2) is 5.78. The van der Waals surface area contributed by atoms with Gasteiger partial charge in [0, 0.05) is 10.2 Å². The summed E-state index contributed by atoms with van der Waals surface area (Å²) < 4.78 is 13.6. The van der Waals surface area contributed by atoms with E-state index in [1.165, 1.54) is 12.1 Å². The Kier molecular flexibility index (Phi) is 4.10. The van der Waals surface area contributed by atoms with Crippen LogP contribution < -0.4 is 5.32 Å². The van der Waals surface area contributed by atoms with Crippen LogP contribution in [0.2, 0.25) is 0 Å². The molecule has 1 N–H and O–H groups in total. The molecule has 0 fully saturated rings. The van der Waals surface area contributed by atoms with Gasteiger partial charge in [0.05, 0.1) is 6.42 Å². The third kappa shape index (κ3) is 3.67. The van der Waals surface area contributed by atoms with Gasteiger partial charge in [0.1, 0.15) is 5.82 Å². The number of hydrogen-bond acceptors (Lipinski definition) is 1. The van der Waals surface area contributed by atoms with Crippen LogP contribution in [-0.4, -0.2) is 5.91 Å². The van der Waals surface area contributed by atoms with Crippen molar-refractivity contribution >= 4 is 27.5 Å². The van der Waals surface area contributed by atoms with Crippen molar-refractivity contribution in [2.24, 2.45) is 0 Å². The monoisotopic (exact) mass is 307 g/mol. The van der Waals surface area contributed by atoms with Crippen molar-refractivity contribution in [1.82, 2.24) is 0 Å². The fourth-order valence-corrected chi connectivity index (χ4v) is 1.96. The standard InChI is InChI=1S/C14H11BrFNO/c15-11-2-1-3-13(9-11)17-14(18)8-10-4-6-12(16)7-5-10/h1-7,9H,8H2,(H,17,18). The molecule has 4 heteroatoms. The number of rotatable bonds is 3. The minimum Gasteiger partial charge on any atom is -0.326 e. The van der Waals surface area contributed by atoms with Gasteiger partial charge >= 0.3 is 0 Å². The van der Waals surface area contributed by atoms with E-state index >= 15 is 0 Å². The Labute approximate surface area is 113 Å². The molecule has 1 amide bonds. The Hall–Kier alpha value is -1.68. The minimum absolute atomic E-state index is 0.125. The first-order valence-electron chi connectivity index (χ1n) is 5.43. The maximum atomic E-state index is 12.7. The van der Waals surface area contributed by atoms with Crippen molar-refractivity contribution in [2.75, 3.05) is 5.32 Å². The van der Waals surface area contributed by atoms with Crippen LogP contribution in [0.1, 0.15) is 5.56 Å². The van der Waals surface area contributed by atoms with Gasteiger partial charge in [-0.2, -0.15) is 0 Å². The van der Waals surface area contributed by atoms with Gasteiger partial charge in [0.2, 0.25) is 5.91 Å². The van der Waals surface area contributed by atoms with Crippen molar-refractivity contribution in [1.29, 1.82) is 0 Å². The molecule has 0 aliphatic carbocycles. The van der Waals surface area contributed by atoms with Gasteiger partial charge in [-0.1, -0.05) is 34.1 Å². The van der Waals surface area contributed by atoms with Gasteiger partial charge in [-0.25, -0.2) is 4.39 Å². The third-order valence-electron chi connectivity index (χ3n) is 2.39. The Balaban J connectivity index is 1.98. The summed E-state index contributed by atoms with van der Waals surface area (Å²) in [6, 6.07) is 13.3. The molecule has 92 valence electrons. The van der Waals surface area contributed by atoms with E-state index in [1.54, 1.807) is 12.1 Å². The van der Waals surface area contributed by atoms with Crippen LogP contribution in [0.25, 0.3) is 0 Å². The van der Waals surface area contributed by atoms with E-state index in [9.17, 15) is 9.18 Å². The average Bonchev–Trinajstić information content (AvgIpc) is 2.32. The average molecular weight is 308 g/mol. The van der Waals surface area contributed by atoms with Crippen LogP contribution >= 0.6 is 15.9 Å². The van der Waals surface area contributed by atoms with E-state index in [0.29, 0.717) is 0 Å². The van der Waals surface area contributed by atoms with E-state index in [2.05, 4.69) is 21.2 Å². The van der Waals surface area contributed by atoms with E-state index < -0.39 is 0 Å². The third-order valence-corrected chi connectivity index (χ3v) is 2.88. The number of anilines is 1. The van der Waals surface area contributed by atoms with Crippen LogP contribution in [0.15, 0.2) is 53.0 Å². The van der Waals surface area contributed by atoms with Gasteiger partial charge in [-0.3, -0.25) is 4.79 Å². The van der Waals surface area contributed by atoms with E-state index in [1.807, 2.05) is 24.3 Å². The number of hydrogen-bond donors (Lipinski definition) is 1. The molecular formula is C14H11BrFNO. The van der Waals surface area contributed by atoms with Gasteiger partial charge in [-0.05, 0) is 35.9 Å². The number of carbonyl (C=O) groups is 1. The molecule has 0 aliphatic rings. The summed E-state index contributed by atoms with van der Waals surface area (Å²) in [4.78, 5) is 11.8. The molecule has 2 aromatic rings. The summed E-state index contributed by atoms with van der Waals surface area (Å²) in [7, 11) is 0. The van der Waals surface area contributed by atoms with Crippen LogP contribution in [0, 0.1) is 5.82 Å². The van der Waals surface area contributed by atoms with Crippen LogP contribution in [0.5, 0.6) is 0 Å². The van der Waals surface area contributed by atoms with Crippen LogP contribution in [0.4, 0.5) is 10.1 Å². The molecule has 2 rings (SSSR count). The second-order valence-electron chi connectivity index (χ2n) is 3.86. The first kappa shape index (κ1) is 12.8. The molecule has 2 nitrogen and oxygen atoms in total. The number of carbonyl (C=O) groups excluding carboxylic acids is 1. The van der Waals surface area contributed by atoms with Crippen LogP contribution in [-0.2, 0) is 11.2 Å². The summed E-state index contributed by atoms with van der Waals surface area (Å²) in [5, 5.41) is 2.78. The fourth-order valence-electron chi connectivity index (χ4n) is 1.56. The highest BCUT2D eigenvalue weighted by Crippen LogP contribution is 2.16.